The number of hydrogen-bond acceptors (Lipinski definition) is 2. The summed E-state index contributed by atoms with van der Waals surface area (Å²) in [5.74, 6) is 0. The molecular weight excluding hydrogens is 254 g/mol. The Morgan fingerprint density at radius 3 is 2.67 bits per heavy atom. The number of benzene rings is 2. The summed E-state index contributed by atoms with van der Waals surface area (Å²) in [7, 11) is 0. The van der Waals surface area contributed by atoms with E-state index in [0.29, 0.717) is 0 Å². The molecule has 2 nitrogen and oxygen atoms in total. The fraction of sp³-hybridized carbons (Fsp3) is 0. The quantitative estimate of drug-likeness (QED) is 0.623. The summed E-state index contributed by atoms with van der Waals surface area (Å²) >= 11 is 3.45. The molecule has 0 saturated carbocycles. The molecule has 0 unspecified atom stereocenters. The number of halogens is 1. The fourth-order valence-electron chi connectivity index (χ4n) is 1.77. The first-order valence-corrected chi connectivity index (χ1v) is 5.40. The molecular formula is C12H8BrNO. The third-order valence-electron chi connectivity index (χ3n) is 2.46. The van der Waals surface area contributed by atoms with E-state index in [-0.39, 0.29) is 0 Å². The van der Waals surface area contributed by atoms with E-state index in [0.717, 1.165) is 32.1 Å². The van der Waals surface area contributed by atoms with Gasteiger partial charge in [-0.25, -0.2) is 0 Å². The van der Waals surface area contributed by atoms with Crippen molar-refractivity contribution in [1.82, 2.24) is 0 Å². The van der Waals surface area contributed by atoms with Gasteiger partial charge in [-0.2, -0.15) is 0 Å². The molecule has 3 aromatic rings. The van der Waals surface area contributed by atoms with Gasteiger partial charge in [0.15, 0.2) is 0 Å². The highest BCUT2D eigenvalue weighted by atomic mass is 79.9. The molecule has 0 fully saturated rings. The molecule has 3 rings (SSSR count). The first-order valence-electron chi connectivity index (χ1n) is 4.61. The van der Waals surface area contributed by atoms with Crippen LogP contribution in [-0.4, -0.2) is 0 Å². The summed E-state index contributed by atoms with van der Waals surface area (Å²) < 4.78 is 6.74. The minimum Gasteiger partial charge on any atom is -0.456 e. The summed E-state index contributed by atoms with van der Waals surface area (Å²) in [5, 5.41) is 2.21. The van der Waals surface area contributed by atoms with Crippen molar-refractivity contribution < 1.29 is 4.42 Å². The summed E-state index contributed by atoms with van der Waals surface area (Å²) in [5.41, 5.74) is 8.15. The Bertz CT molecular complexity index is 657. The Kier molecular flexibility index (Phi) is 1.76. The summed E-state index contributed by atoms with van der Waals surface area (Å²) in [6.45, 7) is 0. The lowest BCUT2D eigenvalue weighted by atomic mass is 10.1. The molecule has 0 saturated heterocycles. The van der Waals surface area contributed by atoms with Crippen LogP contribution in [-0.2, 0) is 0 Å². The zero-order valence-corrected chi connectivity index (χ0v) is 9.41. The van der Waals surface area contributed by atoms with E-state index in [1.54, 1.807) is 0 Å². The molecule has 3 heteroatoms. The molecule has 0 bridgehead atoms. The van der Waals surface area contributed by atoms with Crippen LogP contribution in [0.2, 0.25) is 0 Å². The summed E-state index contributed by atoms with van der Waals surface area (Å²) in [6.07, 6.45) is 0. The van der Waals surface area contributed by atoms with Gasteiger partial charge in [-0.1, -0.05) is 15.9 Å². The highest BCUT2D eigenvalue weighted by Gasteiger charge is 2.06. The van der Waals surface area contributed by atoms with Gasteiger partial charge >= 0.3 is 0 Å². The van der Waals surface area contributed by atoms with Crippen LogP contribution in [0.4, 0.5) is 5.69 Å². The van der Waals surface area contributed by atoms with E-state index in [9.17, 15) is 0 Å². The number of nitrogen functional groups attached to an aromatic ring is 1. The maximum Gasteiger partial charge on any atom is 0.137 e. The van der Waals surface area contributed by atoms with Crippen LogP contribution in [0.25, 0.3) is 21.9 Å². The third-order valence-corrected chi connectivity index (χ3v) is 2.95. The van der Waals surface area contributed by atoms with Crippen LogP contribution in [0.3, 0.4) is 0 Å². The molecule has 0 aliphatic carbocycles. The number of hydrogen-bond donors (Lipinski definition) is 1. The first-order chi connectivity index (χ1) is 7.24. The minimum atomic E-state index is 0.723. The van der Waals surface area contributed by atoms with Crippen molar-refractivity contribution in [2.75, 3.05) is 5.73 Å². The van der Waals surface area contributed by atoms with Crippen LogP contribution in [0.1, 0.15) is 0 Å². The number of furan rings is 1. The van der Waals surface area contributed by atoms with Gasteiger partial charge < -0.3 is 10.2 Å². The Morgan fingerprint density at radius 1 is 0.933 bits per heavy atom. The van der Waals surface area contributed by atoms with Gasteiger partial charge in [0, 0.05) is 27.0 Å². The van der Waals surface area contributed by atoms with Gasteiger partial charge in [-0.15, -0.1) is 0 Å². The van der Waals surface area contributed by atoms with Crippen molar-refractivity contribution in [1.29, 1.82) is 0 Å². The summed E-state index contributed by atoms with van der Waals surface area (Å²) in [4.78, 5) is 0. The SMILES string of the molecule is Nc1ccc2c(c1)oc1ccc(Br)cc12. The van der Waals surface area contributed by atoms with E-state index >= 15 is 0 Å². The maximum atomic E-state index is 5.71. The van der Waals surface area contributed by atoms with Gasteiger partial charge in [-0.05, 0) is 30.3 Å². The molecule has 0 aliphatic heterocycles. The Balaban J connectivity index is 2.53. The highest BCUT2D eigenvalue weighted by Crippen LogP contribution is 2.31. The predicted molar refractivity (Wildman–Crippen MR) is 65.8 cm³/mol. The molecule has 1 aromatic heterocycles. The Labute approximate surface area is 94.8 Å². The fourth-order valence-corrected chi connectivity index (χ4v) is 2.13. The van der Waals surface area contributed by atoms with Crippen LogP contribution in [0.5, 0.6) is 0 Å². The Hall–Kier alpha value is -1.48. The maximum absolute atomic E-state index is 5.71. The van der Waals surface area contributed by atoms with Gasteiger partial charge in [0.2, 0.25) is 0 Å². The number of nitrogens with two attached hydrogens (primary N) is 1. The van der Waals surface area contributed by atoms with Crippen molar-refractivity contribution in [2.24, 2.45) is 0 Å². The highest BCUT2D eigenvalue weighted by molar-refractivity contribution is 9.10. The lowest BCUT2D eigenvalue weighted by molar-refractivity contribution is 0.669. The van der Waals surface area contributed by atoms with Crippen molar-refractivity contribution in [3.8, 4) is 0 Å². The number of anilines is 1. The van der Waals surface area contributed by atoms with Crippen molar-refractivity contribution >= 4 is 43.6 Å². The van der Waals surface area contributed by atoms with E-state index in [2.05, 4.69) is 22.0 Å². The average molecular weight is 262 g/mol. The average Bonchev–Trinajstić information content (AvgIpc) is 2.54. The van der Waals surface area contributed by atoms with Crippen LogP contribution in [0.15, 0.2) is 45.3 Å². The molecule has 2 aromatic carbocycles. The minimum absolute atomic E-state index is 0.723. The molecule has 0 atom stereocenters. The molecule has 15 heavy (non-hydrogen) atoms. The molecule has 0 amide bonds. The van der Waals surface area contributed by atoms with Gasteiger partial charge in [0.1, 0.15) is 11.2 Å². The van der Waals surface area contributed by atoms with Crippen LogP contribution >= 0.6 is 15.9 Å². The molecule has 0 radical (unpaired) electrons. The topological polar surface area (TPSA) is 39.2 Å². The standard InChI is InChI=1S/C12H8BrNO/c13-7-1-4-11-10(5-7)9-3-2-8(14)6-12(9)15-11/h1-6H,14H2. The smallest absolute Gasteiger partial charge is 0.137 e. The van der Waals surface area contributed by atoms with Gasteiger partial charge in [-0.3, -0.25) is 0 Å². The lowest BCUT2D eigenvalue weighted by Crippen LogP contribution is -1.81. The van der Waals surface area contributed by atoms with E-state index in [1.165, 1.54) is 0 Å². The monoisotopic (exact) mass is 261 g/mol. The van der Waals surface area contributed by atoms with Crippen molar-refractivity contribution in [3.63, 3.8) is 0 Å². The zero-order valence-electron chi connectivity index (χ0n) is 7.83. The lowest BCUT2D eigenvalue weighted by Gasteiger charge is -1.91. The Morgan fingerprint density at radius 2 is 1.80 bits per heavy atom. The van der Waals surface area contributed by atoms with Crippen molar-refractivity contribution in [3.05, 3.63) is 40.9 Å². The second-order valence-corrected chi connectivity index (χ2v) is 4.41. The molecule has 0 spiro atoms. The predicted octanol–water partition coefficient (Wildman–Crippen LogP) is 3.93. The second kappa shape index (κ2) is 3.00. The van der Waals surface area contributed by atoms with E-state index in [1.807, 2.05) is 30.3 Å². The van der Waals surface area contributed by atoms with Gasteiger partial charge in [0.05, 0.1) is 0 Å². The van der Waals surface area contributed by atoms with Gasteiger partial charge in [0.25, 0.3) is 0 Å². The van der Waals surface area contributed by atoms with E-state index < -0.39 is 0 Å². The molecule has 1 heterocycles. The normalized spacial score (nSPS) is 11.3. The molecule has 0 aliphatic rings. The van der Waals surface area contributed by atoms with Crippen LogP contribution in [0, 0.1) is 0 Å². The zero-order chi connectivity index (χ0) is 10.4. The third kappa shape index (κ3) is 1.31. The summed E-state index contributed by atoms with van der Waals surface area (Å²) in [6, 6.07) is 11.7. The van der Waals surface area contributed by atoms with Crippen molar-refractivity contribution in [2.45, 2.75) is 0 Å². The largest absolute Gasteiger partial charge is 0.456 e. The second-order valence-electron chi connectivity index (χ2n) is 3.50. The molecule has 2 N–H and O–H groups in total. The number of rotatable bonds is 0. The van der Waals surface area contributed by atoms with Crippen LogP contribution < -0.4 is 5.73 Å². The van der Waals surface area contributed by atoms with E-state index in [4.69, 9.17) is 10.2 Å². The molecule has 74 valence electrons. The number of fused-ring (bicyclic) bond motifs is 3. The first kappa shape index (κ1) is 8.80.